The summed E-state index contributed by atoms with van der Waals surface area (Å²) in [5, 5.41) is 0. The zero-order chi connectivity index (χ0) is 13.0. The van der Waals surface area contributed by atoms with Crippen LogP contribution in [0.3, 0.4) is 0 Å². The fraction of sp³-hybridized carbons (Fsp3) is 0.214. The number of aromatic nitrogens is 1. The van der Waals surface area contributed by atoms with Gasteiger partial charge in [0.2, 0.25) is 0 Å². The molecule has 0 spiro atoms. The molecule has 0 unspecified atom stereocenters. The molecule has 0 bridgehead atoms. The van der Waals surface area contributed by atoms with Crippen LogP contribution < -0.4 is 16.0 Å². The maximum atomic E-state index is 5.70. The maximum absolute atomic E-state index is 5.70. The lowest BCUT2D eigenvalue weighted by molar-refractivity contribution is 0.301. The first-order chi connectivity index (χ1) is 8.69. The zero-order valence-electron chi connectivity index (χ0n) is 10.6. The summed E-state index contributed by atoms with van der Waals surface area (Å²) in [6, 6.07) is 9.71. The summed E-state index contributed by atoms with van der Waals surface area (Å²) >= 11 is 0. The number of aryl methyl sites for hydroxylation is 2. The lowest BCUT2D eigenvalue weighted by Crippen LogP contribution is -2.08. The van der Waals surface area contributed by atoms with Crippen LogP contribution in [-0.4, -0.2) is 4.98 Å². The molecule has 0 aliphatic heterocycles. The number of ether oxygens (including phenoxy) is 1. The van der Waals surface area contributed by atoms with E-state index in [1.807, 2.05) is 18.2 Å². The van der Waals surface area contributed by atoms with E-state index in [-0.39, 0.29) is 0 Å². The van der Waals surface area contributed by atoms with E-state index in [1.54, 1.807) is 12.3 Å². The van der Waals surface area contributed by atoms with E-state index in [1.165, 1.54) is 11.1 Å². The molecule has 1 aromatic carbocycles. The van der Waals surface area contributed by atoms with Gasteiger partial charge in [0.25, 0.3) is 0 Å². The number of rotatable bonds is 4. The average molecular weight is 243 g/mol. The van der Waals surface area contributed by atoms with Crippen molar-refractivity contribution >= 4 is 5.69 Å². The molecule has 0 atom stereocenters. The van der Waals surface area contributed by atoms with Gasteiger partial charge in [0.1, 0.15) is 12.4 Å². The Bertz CT molecular complexity index is 540. The molecule has 1 aromatic heterocycles. The van der Waals surface area contributed by atoms with Crippen molar-refractivity contribution in [2.45, 2.75) is 20.5 Å². The van der Waals surface area contributed by atoms with Crippen molar-refractivity contribution in [1.29, 1.82) is 0 Å². The Balaban J connectivity index is 2.04. The summed E-state index contributed by atoms with van der Waals surface area (Å²) in [5.41, 5.74) is 6.73. The van der Waals surface area contributed by atoms with Gasteiger partial charge < -0.3 is 10.2 Å². The molecule has 2 aromatic rings. The maximum Gasteiger partial charge on any atom is 0.130 e. The molecule has 18 heavy (non-hydrogen) atoms. The van der Waals surface area contributed by atoms with Crippen LogP contribution in [0.15, 0.2) is 36.5 Å². The number of pyridine rings is 1. The molecule has 0 aliphatic rings. The molecule has 94 valence electrons. The van der Waals surface area contributed by atoms with Crippen LogP contribution in [0.4, 0.5) is 5.69 Å². The summed E-state index contributed by atoms with van der Waals surface area (Å²) in [4.78, 5) is 4.22. The molecule has 4 heteroatoms. The van der Waals surface area contributed by atoms with Gasteiger partial charge in [-0.15, -0.1) is 0 Å². The van der Waals surface area contributed by atoms with Crippen molar-refractivity contribution in [2.24, 2.45) is 5.84 Å². The first-order valence-electron chi connectivity index (χ1n) is 5.80. The Hall–Kier alpha value is -2.07. The predicted molar refractivity (Wildman–Crippen MR) is 72.3 cm³/mol. The Morgan fingerprint density at radius 2 is 2.00 bits per heavy atom. The van der Waals surface area contributed by atoms with Crippen molar-refractivity contribution in [1.82, 2.24) is 4.98 Å². The van der Waals surface area contributed by atoms with Gasteiger partial charge in [0, 0.05) is 6.20 Å². The summed E-state index contributed by atoms with van der Waals surface area (Å²) < 4.78 is 5.70. The van der Waals surface area contributed by atoms with Gasteiger partial charge in [-0.25, -0.2) is 0 Å². The minimum absolute atomic E-state index is 0.429. The normalized spacial score (nSPS) is 10.2. The van der Waals surface area contributed by atoms with Crippen molar-refractivity contribution < 1.29 is 4.74 Å². The van der Waals surface area contributed by atoms with Crippen molar-refractivity contribution in [3.05, 3.63) is 53.3 Å². The van der Waals surface area contributed by atoms with Gasteiger partial charge in [-0.3, -0.25) is 10.8 Å². The van der Waals surface area contributed by atoms with Gasteiger partial charge in [0.15, 0.2) is 0 Å². The van der Waals surface area contributed by atoms with Gasteiger partial charge in [-0.2, -0.15) is 0 Å². The molecular formula is C14H17N3O. The first kappa shape index (κ1) is 12.4. The minimum Gasteiger partial charge on any atom is -0.487 e. The standard InChI is InChI=1S/C14H17N3O/c1-10-3-4-14(7-11(10)2)18-9-13-8-12(17-15)5-6-16-13/h3-8H,9,15H2,1-2H3,(H,16,17). The topological polar surface area (TPSA) is 60.2 Å². The lowest BCUT2D eigenvalue weighted by atomic mass is 10.1. The summed E-state index contributed by atoms with van der Waals surface area (Å²) in [7, 11) is 0. The molecule has 0 radical (unpaired) electrons. The Morgan fingerprint density at radius 1 is 1.17 bits per heavy atom. The van der Waals surface area contributed by atoms with Gasteiger partial charge in [0.05, 0.1) is 11.4 Å². The molecular weight excluding hydrogens is 226 g/mol. The van der Waals surface area contributed by atoms with Gasteiger partial charge in [-0.05, 0) is 49.2 Å². The third-order valence-electron chi connectivity index (χ3n) is 2.85. The van der Waals surface area contributed by atoms with Crippen LogP contribution >= 0.6 is 0 Å². The Labute approximate surface area is 107 Å². The number of nitrogens with two attached hydrogens (primary N) is 1. The van der Waals surface area contributed by atoms with E-state index in [9.17, 15) is 0 Å². The SMILES string of the molecule is Cc1ccc(OCc2cc(NN)ccn2)cc1C. The average Bonchev–Trinajstić information content (AvgIpc) is 2.40. The van der Waals surface area contributed by atoms with Crippen LogP contribution in [0.5, 0.6) is 5.75 Å². The third-order valence-corrected chi connectivity index (χ3v) is 2.85. The number of hydrazine groups is 1. The van der Waals surface area contributed by atoms with E-state index < -0.39 is 0 Å². The van der Waals surface area contributed by atoms with Crippen LogP contribution in [0, 0.1) is 13.8 Å². The van der Waals surface area contributed by atoms with Crippen molar-refractivity contribution in [3.63, 3.8) is 0 Å². The van der Waals surface area contributed by atoms with Crippen LogP contribution in [-0.2, 0) is 6.61 Å². The second-order valence-corrected chi connectivity index (χ2v) is 4.21. The van der Waals surface area contributed by atoms with Crippen molar-refractivity contribution in [2.75, 3.05) is 5.43 Å². The molecule has 0 aliphatic carbocycles. The fourth-order valence-corrected chi connectivity index (χ4v) is 1.61. The second kappa shape index (κ2) is 5.51. The number of benzene rings is 1. The molecule has 2 rings (SSSR count). The molecule has 4 nitrogen and oxygen atoms in total. The zero-order valence-corrected chi connectivity index (χ0v) is 10.6. The highest BCUT2D eigenvalue weighted by molar-refractivity contribution is 5.41. The number of anilines is 1. The smallest absolute Gasteiger partial charge is 0.130 e. The second-order valence-electron chi connectivity index (χ2n) is 4.21. The number of hydrogen-bond acceptors (Lipinski definition) is 4. The largest absolute Gasteiger partial charge is 0.487 e. The summed E-state index contributed by atoms with van der Waals surface area (Å²) in [5.74, 6) is 6.20. The molecule has 3 N–H and O–H groups in total. The quantitative estimate of drug-likeness (QED) is 0.640. The molecule has 0 saturated carbocycles. The van der Waals surface area contributed by atoms with E-state index in [0.717, 1.165) is 17.1 Å². The van der Waals surface area contributed by atoms with Crippen molar-refractivity contribution in [3.8, 4) is 5.75 Å². The van der Waals surface area contributed by atoms with E-state index in [0.29, 0.717) is 6.61 Å². The number of hydrogen-bond donors (Lipinski definition) is 2. The van der Waals surface area contributed by atoms with E-state index in [2.05, 4.69) is 30.3 Å². The number of nitrogen functional groups attached to an aromatic ring is 1. The van der Waals surface area contributed by atoms with Gasteiger partial charge >= 0.3 is 0 Å². The summed E-state index contributed by atoms with van der Waals surface area (Å²) in [6.07, 6.45) is 1.70. The monoisotopic (exact) mass is 243 g/mol. The van der Waals surface area contributed by atoms with E-state index >= 15 is 0 Å². The number of nitrogens with one attached hydrogen (secondary N) is 1. The first-order valence-corrected chi connectivity index (χ1v) is 5.80. The number of nitrogens with zero attached hydrogens (tertiary/aromatic N) is 1. The van der Waals surface area contributed by atoms with Gasteiger partial charge in [-0.1, -0.05) is 6.07 Å². The van der Waals surface area contributed by atoms with E-state index in [4.69, 9.17) is 10.6 Å². The lowest BCUT2D eigenvalue weighted by Gasteiger charge is -2.08. The predicted octanol–water partition coefficient (Wildman–Crippen LogP) is 2.56. The summed E-state index contributed by atoms with van der Waals surface area (Å²) in [6.45, 7) is 4.58. The van der Waals surface area contributed by atoms with Crippen LogP contribution in [0.2, 0.25) is 0 Å². The fourth-order valence-electron chi connectivity index (χ4n) is 1.61. The third kappa shape index (κ3) is 2.99. The molecule has 0 saturated heterocycles. The Morgan fingerprint density at radius 3 is 2.72 bits per heavy atom. The van der Waals surface area contributed by atoms with Crippen LogP contribution in [0.25, 0.3) is 0 Å². The molecule has 0 fully saturated rings. The van der Waals surface area contributed by atoms with Crippen LogP contribution in [0.1, 0.15) is 16.8 Å². The highest BCUT2D eigenvalue weighted by Gasteiger charge is 2.00. The Kier molecular flexibility index (Phi) is 3.79. The molecule has 0 amide bonds. The highest BCUT2D eigenvalue weighted by Crippen LogP contribution is 2.17. The molecule has 1 heterocycles. The highest BCUT2D eigenvalue weighted by atomic mass is 16.5. The minimum atomic E-state index is 0.429.